The fourth-order valence-electron chi connectivity index (χ4n) is 1.73. The molecule has 17 heavy (non-hydrogen) atoms. The zero-order valence-electron chi connectivity index (χ0n) is 10.2. The van der Waals surface area contributed by atoms with Crippen molar-refractivity contribution >= 4 is 17.0 Å². The summed E-state index contributed by atoms with van der Waals surface area (Å²) in [5.41, 5.74) is 2.34. The molecule has 90 valence electrons. The van der Waals surface area contributed by atoms with Gasteiger partial charge in [-0.15, -0.1) is 11.3 Å². The van der Waals surface area contributed by atoms with Crippen LogP contribution in [0.2, 0.25) is 0 Å². The van der Waals surface area contributed by atoms with Crippen LogP contribution in [-0.4, -0.2) is 12.1 Å². The highest BCUT2D eigenvalue weighted by molar-refractivity contribution is 7.10. The molecule has 0 saturated carbocycles. The molecule has 3 nitrogen and oxygen atoms in total. The molecule has 0 radical (unpaired) electrons. The number of anilines is 1. The summed E-state index contributed by atoms with van der Waals surface area (Å²) < 4.78 is 5.03. The molecule has 0 fully saturated rings. The Morgan fingerprint density at radius 1 is 1.35 bits per heavy atom. The van der Waals surface area contributed by atoms with Gasteiger partial charge >= 0.3 is 0 Å². The molecule has 2 aromatic rings. The number of nitrogens with one attached hydrogen (secondary N) is 1. The minimum absolute atomic E-state index is 0.296. The van der Waals surface area contributed by atoms with Gasteiger partial charge in [-0.2, -0.15) is 0 Å². The molecule has 0 spiro atoms. The third-order valence-electron chi connectivity index (χ3n) is 2.62. The largest absolute Gasteiger partial charge is 0.481 e. The number of nitrogens with zero attached hydrogens (tertiary/aromatic N) is 1. The van der Waals surface area contributed by atoms with E-state index in [1.54, 1.807) is 24.6 Å². The molecule has 1 unspecified atom stereocenters. The Bertz CT molecular complexity index is 478. The minimum Gasteiger partial charge on any atom is -0.481 e. The highest BCUT2D eigenvalue weighted by atomic mass is 32.1. The second kappa shape index (κ2) is 5.19. The molecule has 2 rings (SSSR count). The molecule has 0 amide bonds. The summed E-state index contributed by atoms with van der Waals surface area (Å²) in [7, 11) is 1.62. The van der Waals surface area contributed by atoms with Gasteiger partial charge in [0.25, 0.3) is 0 Å². The standard InChI is InChI=1S/C13H16N2OS/c1-9-6-7-17-13(9)10(2)15-11-4-5-12(16-3)14-8-11/h4-8,10,15H,1-3H3. The van der Waals surface area contributed by atoms with Gasteiger partial charge in [0, 0.05) is 10.9 Å². The normalized spacial score (nSPS) is 12.2. The maximum atomic E-state index is 5.03. The van der Waals surface area contributed by atoms with Crippen molar-refractivity contribution < 1.29 is 4.74 Å². The molecular weight excluding hydrogens is 232 g/mol. The van der Waals surface area contributed by atoms with Gasteiger partial charge in [0.1, 0.15) is 0 Å². The average molecular weight is 248 g/mol. The Morgan fingerprint density at radius 3 is 2.71 bits per heavy atom. The van der Waals surface area contributed by atoms with Crippen molar-refractivity contribution in [1.29, 1.82) is 0 Å². The molecule has 0 bridgehead atoms. The molecule has 0 aliphatic rings. The Hall–Kier alpha value is -1.55. The van der Waals surface area contributed by atoms with Crippen LogP contribution in [0.4, 0.5) is 5.69 Å². The summed E-state index contributed by atoms with van der Waals surface area (Å²) in [6.07, 6.45) is 1.79. The summed E-state index contributed by atoms with van der Waals surface area (Å²) >= 11 is 1.78. The van der Waals surface area contributed by atoms with E-state index in [1.165, 1.54) is 10.4 Å². The number of hydrogen-bond acceptors (Lipinski definition) is 4. The molecular formula is C13H16N2OS. The number of rotatable bonds is 4. The van der Waals surface area contributed by atoms with Gasteiger partial charge in [-0.05, 0) is 36.9 Å². The van der Waals surface area contributed by atoms with Crippen molar-refractivity contribution in [2.45, 2.75) is 19.9 Å². The number of aryl methyl sites for hydroxylation is 1. The monoisotopic (exact) mass is 248 g/mol. The quantitative estimate of drug-likeness (QED) is 0.897. The molecule has 0 aromatic carbocycles. The maximum Gasteiger partial charge on any atom is 0.213 e. The Kier molecular flexibility index (Phi) is 3.64. The first-order chi connectivity index (χ1) is 8.20. The predicted molar refractivity (Wildman–Crippen MR) is 71.9 cm³/mol. The Balaban J connectivity index is 2.07. The highest BCUT2D eigenvalue weighted by Gasteiger charge is 2.09. The van der Waals surface area contributed by atoms with E-state index >= 15 is 0 Å². The van der Waals surface area contributed by atoms with Crippen LogP contribution in [0.1, 0.15) is 23.4 Å². The molecule has 0 aliphatic heterocycles. The first-order valence-corrected chi connectivity index (χ1v) is 6.39. The first kappa shape index (κ1) is 11.9. The zero-order valence-corrected chi connectivity index (χ0v) is 11.0. The number of pyridine rings is 1. The summed E-state index contributed by atoms with van der Waals surface area (Å²) in [5, 5.41) is 5.55. The van der Waals surface area contributed by atoms with Crippen molar-refractivity contribution in [3.8, 4) is 5.88 Å². The van der Waals surface area contributed by atoms with Crippen LogP contribution in [0.3, 0.4) is 0 Å². The second-order valence-corrected chi connectivity index (χ2v) is 4.87. The van der Waals surface area contributed by atoms with Crippen molar-refractivity contribution in [2.24, 2.45) is 0 Å². The van der Waals surface area contributed by atoms with Crippen molar-refractivity contribution in [3.63, 3.8) is 0 Å². The van der Waals surface area contributed by atoms with Crippen LogP contribution in [0, 0.1) is 6.92 Å². The van der Waals surface area contributed by atoms with E-state index in [0.717, 1.165) is 5.69 Å². The number of methoxy groups -OCH3 is 1. The number of ether oxygens (including phenoxy) is 1. The predicted octanol–water partition coefficient (Wildman–Crippen LogP) is 3.63. The third-order valence-corrected chi connectivity index (χ3v) is 3.83. The summed E-state index contributed by atoms with van der Waals surface area (Å²) in [6.45, 7) is 4.29. The van der Waals surface area contributed by atoms with Crippen LogP contribution in [0.15, 0.2) is 29.8 Å². The lowest BCUT2D eigenvalue weighted by Gasteiger charge is -2.14. The van der Waals surface area contributed by atoms with Gasteiger partial charge in [-0.1, -0.05) is 0 Å². The molecule has 2 aromatic heterocycles. The Labute approximate surface area is 105 Å². The lowest BCUT2D eigenvalue weighted by atomic mass is 10.2. The van der Waals surface area contributed by atoms with Crippen molar-refractivity contribution in [2.75, 3.05) is 12.4 Å². The van der Waals surface area contributed by atoms with E-state index in [4.69, 9.17) is 4.74 Å². The SMILES string of the molecule is COc1ccc(NC(C)c2sccc2C)cn1. The number of aromatic nitrogens is 1. The molecule has 4 heteroatoms. The van der Waals surface area contributed by atoms with E-state index in [9.17, 15) is 0 Å². The average Bonchev–Trinajstić information content (AvgIpc) is 2.76. The topological polar surface area (TPSA) is 34.1 Å². The van der Waals surface area contributed by atoms with E-state index in [0.29, 0.717) is 11.9 Å². The smallest absolute Gasteiger partial charge is 0.213 e. The number of hydrogen-bond donors (Lipinski definition) is 1. The summed E-state index contributed by atoms with van der Waals surface area (Å²) in [6, 6.07) is 6.27. The van der Waals surface area contributed by atoms with E-state index in [2.05, 4.69) is 35.6 Å². The molecule has 1 atom stereocenters. The fourth-order valence-corrected chi connectivity index (χ4v) is 2.67. The van der Waals surface area contributed by atoms with Gasteiger partial charge in [0.15, 0.2) is 0 Å². The Morgan fingerprint density at radius 2 is 2.18 bits per heavy atom. The number of thiophene rings is 1. The van der Waals surface area contributed by atoms with Crippen LogP contribution in [0.5, 0.6) is 5.88 Å². The summed E-state index contributed by atoms with van der Waals surface area (Å²) in [4.78, 5) is 5.53. The molecule has 0 saturated heterocycles. The van der Waals surface area contributed by atoms with Gasteiger partial charge in [0.2, 0.25) is 5.88 Å². The first-order valence-electron chi connectivity index (χ1n) is 5.51. The lowest BCUT2D eigenvalue weighted by molar-refractivity contribution is 0.398. The van der Waals surface area contributed by atoms with E-state index in [1.807, 2.05) is 12.1 Å². The molecule has 2 heterocycles. The van der Waals surface area contributed by atoms with Gasteiger partial charge in [0.05, 0.1) is 25.0 Å². The van der Waals surface area contributed by atoms with Gasteiger partial charge in [-0.3, -0.25) is 0 Å². The van der Waals surface area contributed by atoms with Crippen molar-refractivity contribution in [1.82, 2.24) is 4.98 Å². The van der Waals surface area contributed by atoms with Crippen LogP contribution >= 0.6 is 11.3 Å². The highest BCUT2D eigenvalue weighted by Crippen LogP contribution is 2.26. The van der Waals surface area contributed by atoms with E-state index < -0.39 is 0 Å². The minimum atomic E-state index is 0.296. The van der Waals surface area contributed by atoms with Crippen LogP contribution in [-0.2, 0) is 0 Å². The van der Waals surface area contributed by atoms with E-state index in [-0.39, 0.29) is 0 Å². The summed E-state index contributed by atoms with van der Waals surface area (Å²) in [5.74, 6) is 0.635. The molecule has 1 N–H and O–H groups in total. The maximum absolute atomic E-state index is 5.03. The van der Waals surface area contributed by atoms with Crippen LogP contribution in [0.25, 0.3) is 0 Å². The third kappa shape index (κ3) is 2.77. The van der Waals surface area contributed by atoms with Crippen molar-refractivity contribution in [3.05, 3.63) is 40.2 Å². The molecule has 0 aliphatic carbocycles. The van der Waals surface area contributed by atoms with Crippen LogP contribution < -0.4 is 10.1 Å². The second-order valence-electron chi connectivity index (χ2n) is 3.92. The zero-order chi connectivity index (χ0) is 12.3. The fraction of sp³-hybridized carbons (Fsp3) is 0.308. The lowest BCUT2D eigenvalue weighted by Crippen LogP contribution is -2.06. The van der Waals surface area contributed by atoms with Gasteiger partial charge < -0.3 is 10.1 Å². The van der Waals surface area contributed by atoms with Gasteiger partial charge in [-0.25, -0.2) is 4.98 Å².